The van der Waals surface area contributed by atoms with Gasteiger partial charge in [0.1, 0.15) is 0 Å². The molecule has 1 aromatic carbocycles. The SMILES string of the molecule is C[C@@H](C(=O)Nc1ccc(Br)cc1)[n+]1cccc(O)c1. The van der Waals surface area contributed by atoms with Gasteiger partial charge in [0.25, 0.3) is 5.91 Å². The molecular weight excluding hydrogens is 308 g/mol. The lowest BCUT2D eigenvalue weighted by Gasteiger charge is -2.08. The zero-order valence-electron chi connectivity index (χ0n) is 10.4. The highest BCUT2D eigenvalue weighted by molar-refractivity contribution is 9.10. The lowest BCUT2D eigenvalue weighted by Crippen LogP contribution is -2.43. The van der Waals surface area contributed by atoms with E-state index in [-0.39, 0.29) is 11.7 Å². The van der Waals surface area contributed by atoms with Crippen molar-refractivity contribution in [2.24, 2.45) is 0 Å². The smallest absolute Gasteiger partial charge is 0.293 e. The molecule has 0 bridgehead atoms. The van der Waals surface area contributed by atoms with Crippen LogP contribution < -0.4 is 9.88 Å². The molecule has 1 amide bonds. The van der Waals surface area contributed by atoms with Crippen molar-refractivity contribution in [3.05, 3.63) is 53.3 Å². The van der Waals surface area contributed by atoms with Gasteiger partial charge >= 0.3 is 0 Å². The molecule has 4 nitrogen and oxygen atoms in total. The van der Waals surface area contributed by atoms with E-state index in [2.05, 4.69) is 21.2 Å². The molecule has 1 heterocycles. The number of benzene rings is 1. The number of aromatic nitrogens is 1. The minimum absolute atomic E-state index is 0.130. The van der Waals surface area contributed by atoms with Crippen LogP contribution in [0.2, 0.25) is 0 Å². The van der Waals surface area contributed by atoms with Gasteiger partial charge in [-0.2, -0.15) is 4.57 Å². The van der Waals surface area contributed by atoms with Crippen LogP contribution in [0.15, 0.2) is 53.3 Å². The van der Waals surface area contributed by atoms with Crippen LogP contribution in [0.5, 0.6) is 5.75 Å². The number of hydrogen-bond acceptors (Lipinski definition) is 2. The first-order valence-electron chi connectivity index (χ1n) is 5.82. The highest BCUT2D eigenvalue weighted by atomic mass is 79.9. The number of hydrogen-bond donors (Lipinski definition) is 2. The first kappa shape index (κ1) is 13.5. The topological polar surface area (TPSA) is 53.2 Å². The number of amides is 1. The molecule has 2 N–H and O–H groups in total. The van der Waals surface area contributed by atoms with Crippen LogP contribution >= 0.6 is 15.9 Å². The predicted molar refractivity (Wildman–Crippen MR) is 75.8 cm³/mol. The summed E-state index contributed by atoms with van der Waals surface area (Å²) in [5, 5.41) is 12.2. The Bertz CT molecular complexity index is 584. The Hall–Kier alpha value is -1.88. The molecule has 0 radical (unpaired) electrons. The van der Waals surface area contributed by atoms with E-state index in [1.54, 1.807) is 29.8 Å². The van der Waals surface area contributed by atoms with Crippen molar-refractivity contribution in [1.82, 2.24) is 0 Å². The fourth-order valence-electron chi connectivity index (χ4n) is 1.64. The Morgan fingerprint density at radius 2 is 2.00 bits per heavy atom. The Morgan fingerprint density at radius 3 is 2.63 bits per heavy atom. The van der Waals surface area contributed by atoms with Gasteiger partial charge in [-0.15, -0.1) is 0 Å². The normalized spacial score (nSPS) is 11.9. The molecular formula is C14H14BrN2O2+. The molecule has 0 aliphatic heterocycles. The third kappa shape index (κ3) is 3.54. The summed E-state index contributed by atoms with van der Waals surface area (Å²) < 4.78 is 2.62. The van der Waals surface area contributed by atoms with E-state index in [4.69, 9.17) is 0 Å². The van der Waals surface area contributed by atoms with E-state index in [0.29, 0.717) is 0 Å². The van der Waals surface area contributed by atoms with Crippen LogP contribution in [0.1, 0.15) is 13.0 Å². The van der Waals surface area contributed by atoms with E-state index >= 15 is 0 Å². The van der Waals surface area contributed by atoms with Gasteiger partial charge in [0.2, 0.25) is 12.2 Å². The summed E-state index contributed by atoms with van der Waals surface area (Å²) >= 11 is 3.34. The van der Waals surface area contributed by atoms with Crippen molar-refractivity contribution in [3.63, 3.8) is 0 Å². The van der Waals surface area contributed by atoms with Crippen molar-refractivity contribution < 1.29 is 14.5 Å². The largest absolute Gasteiger partial charge is 0.503 e. The number of nitrogens with zero attached hydrogens (tertiary/aromatic N) is 1. The zero-order valence-corrected chi connectivity index (χ0v) is 12.0. The molecule has 2 rings (SSSR count). The second kappa shape index (κ2) is 5.84. The van der Waals surface area contributed by atoms with Crippen molar-refractivity contribution >= 4 is 27.5 Å². The minimum Gasteiger partial charge on any atom is -0.503 e. The maximum atomic E-state index is 12.1. The summed E-state index contributed by atoms with van der Waals surface area (Å²) in [4.78, 5) is 12.1. The molecule has 0 spiro atoms. The van der Waals surface area contributed by atoms with Crippen LogP contribution in [0.4, 0.5) is 5.69 Å². The summed E-state index contributed by atoms with van der Waals surface area (Å²) in [6.07, 6.45) is 3.26. The van der Waals surface area contributed by atoms with Crippen molar-refractivity contribution in [2.75, 3.05) is 5.32 Å². The average molecular weight is 322 g/mol. The second-order valence-corrected chi connectivity index (χ2v) is 5.10. The van der Waals surface area contributed by atoms with Crippen LogP contribution in [-0.2, 0) is 4.79 Å². The minimum atomic E-state index is -0.407. The fraction of sp³-hybridized carbons (Fsp3) is 0.143. The number of carbonyl (C=O) groups is 1. The molecule has 0 saturated carbocycles. The Morgan fingerprint density at radius 1 is 1.32 bits per heavy atom. The molecule has 1 atom stereocenters. The van der Waals surface area contributed by atoms with E-state index in [1.807, 2.05) is 24.3 Å². The summed E-state index contributed by atoms with van der Waals surface area (Å²) in [5.41, 5.74) is 0.737. The number of halogens is 1. The summed E-state index contributed by atoms with van der Waals surface area (Å²) in [6.45, 7) is 1.77. The van der Waals surface area contributed by atoms with Crippen molar-refractivity contribution in [3.8, 4) is 5.75 Å². The zero-order chi connectivity index (χ0) is 13.8. The molecule has 19 heavy (non-hydrogen) atoms. The number of aromatic hydroxyl groups is 1. The van der Waals surface area contributed by atoms with E-state index in [9.17, 15) is 9.90 Å². The number of rotatable bonds is 3. The van der Waals surface area contributed by atoms with Crippen molar-refractivity contribution in [1.29, 1.82) is 0 Å². The van der Waals surface area contributed by atoms with Gasteiger partial charge in [0.05, 0.1) is 0 Å². The molecule has 0 aliphatic carbocycles. The first-order valence-corrected chi connectivity index (χ1v) is 6.62. The molecule has 5 heteroatoms. The molecule has 98 valence electrons. The lowest BCUT2D eigenvalue weighted by atomic mass is 10.2. The highest BCUT2D eigenvalue weighted by Gasteiger charge is 2.22. The molecule has 0 aliphatic rings. The second-order valence-electron chi connectivity index (χ2n) is 4.18. The molecule has 0 fully saturated rings. The van der Waals surface area contributed by atoms with Gasteiger partial charge in [-0.05, 0) is 30.3 Å². The maximum absolute atomic E-state index is 12.1. The van der Waals surface area contributed by atoms with E-state index in [1.165, 1.54) is 6.20 Å². The Kier molecular flexibility index (Phi) is 4.16. The number of pyridine rings is 1. The monoisotopic (exact) mass is 321 g/mol. The van der Waals surface area contributed by atoms with E-state index < -0.39 is 6.04 Å². The standard InChI is InChI=1S/C14H13BrN2O2/c1-10(17-8-2-3-13(18)9-17)14(19)16-12-6-4-11(15)5-7-12/h2-10H,1H3,(H-,16,18,19)/p+1/t10-/m0/s1. The van der Waals surface area contributed by atoms with Crippen LogP contribution in [0, 0.1) is 0 Å². The number of anilines is 1. The van der Waals surface area contributed by atoms with Crippen LogP contribution in [0.3, 0.4) is 0 Å². The first-order chi connectivity index (χ1) is 9.06. The predicted octanol–water partition coefficient (Wildman–Crippen LogP) is 2.64. The quantitative estimate of drug-likeness (QED) is 0.854. The van der Waals surface area contributed by atoms with Gasteiger partial charge in [-0.25, -0.2) is 0 Å². The van der Waals surface area contributed by atoms with E-state index in [0.717, 1.165) is 10.2 Å². The van der Waals surface area contributed by atoms with Crippen LogP contribution in [0.25, 0.3) is 0 Å². The molecule has 1 aromatic heterocycles. The number of nitrogens with one attached hydrogen (secondary N) is 1. The van der Waals surface area contributed by atoms with Gasteiger partial charge in [0, 0.05) is 23.2 Å². The van der Waals surface area contributed by atoms with Gasteiger partial charge in [0.15, 0.2) is 11.9 Å². The third-order valence-corrected chi connectivity index (χ3v) is 3.27. The lowest BCUT2D eigenvalue weighted by molar-refractivity contribution is -0.705. The van der Waals surface area contributed by atoms with Gasteiger partial charge in [-0.3, -0.25) is 4.79 Å². The summed E-state index contributed by atoms with van der Waals surface area (Å²) in [5.74, 6) is -0.0104. The summed E-state index contributed by atoms with van der Waals surface area (Å²) in [7, 11) is 0. The van der Waals surface area contributed by atoms with Crippen molar-refractivity contribution in [2.45, 2.75) is 13.0 Å². The maximum Gasteiger partial charge on any atom is 0.293 e. The Balaban J connectivity index is 2.09. The van der Waals surface area contributed by atoms with Crippen LogP contribution in [-0.4, -0.2) is 11.0 Å². The summed E-state index contributed by atoms with van der Waals surface area (Å²) in [6, 6.07) is 10.2. The fourth-order valence-corrected chi connectivity index (χ4v) is 1.90. The highest BCUT2D eigenvalue weighted by Crippen LogP contribution is 2.15. The number of carbonyl (C=O) groups excluding carboxylic acids is 1. The average Bonchev–Trinajstić information content (AvgIpc) is 2.40. The van der Waals surface area contributed by atoms with Gasteiger partial charge < -0.3 is 10.4 Å². The Labute approximate surface area is 119 Å². The van der Waals surface area contributed by atoms with Gasteiger partial charge in [-0.1, -0.05) is 15.9 Å². The molecule has 2 aromatic rings. The molecule has 0 unspecified atom stereocenters. The molecule has 0 saturated heterocycles. The third-order valence-electron chi connectivity index (χ3n) is 2.74.